The summed E-state index contributed by atoms with van der Waals surface area (Å²) in [4.78, 5) is 2.59. The Balaban J connectivity index is 1.86. The van der Waals surface area contributed by atoms with Gasteiger partial charge in [0.1, 0.15) is 0 Å². The first-order chi connectivity index (χ1) is 9.31. The van der Waals surface area contributed by atoms with Crippen molar-refractivity contribution >= 4 is 0 Å². The first kappa shape index (κ1) is 14.5. The number of nitrogens with one attached hydrogen (secondary N) is 1. The molecular weight excluding hydrogens is 232 g/mol. The molecule has 2 heteroatoms. The highest BCUT2D eigenvalue weighted by molar-refractivity contribution is 5.22. The van der Waals surface area contributed by atoms with Gasteiger partial charge in [0.25, 0.3) is 0 Å². The minimum Gasteiger partial charge on any atom is -0.317 e. The van der Waals surface area contributed by atoms with Gasteiger partial charge in [-0.25, -0.2) is 0 Å². The highest BCUT2D eigenvalue weighted by atomic mass is 15.1. The van der Waals surface area contributed by atoms with Crippen molar-refractivity contribution in [3.8, 4) is 0 Å². The largest absolute Gasteiger partial charge is 0.317 e. The summed E-state index contributed by atoms with van der Waals surface area (Å²) >= 11 is 0. The Morgan fingerprint density at radius 2 is 1.68 bits per heavy atom. The van der Waals surface area contributed by atoms with Gasteiger partial charge in [-0.15, -0.1) is 0 Å². The summed E-state index contributed by atoms with van der Waals surface area (Å²) in [5.41, 5.74) is 2.89. The number of benzene rings is 1. The predicted molar refractivity (Wildman–Crippen MR) is 82.4 cm³/mol. The molecule has 1 aromatic carbocycles. The van der Waals surface area contributed by atoms with Crippen LogP contribution >= 0.6 is 0 Å². The maximum Gasteiger partial charge on any atom is 0.0233 e. The molecule has 1 aliphatic heterocycles. The fourth-order valence-corrected chi connectivity index (χ4v) is 2.87. The Labute approximate surface area is 118 Å². The SMILES string of the molecule is CCc1ccc(CN(CC)CC2CCNCC2)cc1. The highest BCUT2D eigenvalue weighted by Gasteiger charge is 2.16. The van der Waals surface area contributed by atoms with Crippen LogP contribution in [-0.2, 0) is 13.0 Å². The number of hydrogen-bond acceptors (Lipinski definition) is 2. The summed E-state index contributed by atoms with van der Waals surface area (Å²) in [6.45, 7) is 10.4. The van der Waals surface area contributed by atoms with Gasteiger partial charge < -0.3 is 5.32 Å². The van der Waals surface area contributed by atoms with E-state index in [1.165, 1.54) is 43.6 Å². The van der Waals surface area contributed by atoms with Crippen molar-refractivity contribution in [1.29, 1.82) is 0 Å². The van der Waals surface area contributed by atoms with Crippen molar-refractivity contribution in [2.24, 2.45) is 5.92 Å². The monoisotopic (exact) mass is 260 g/mol. The Morgan fingerprint density at radius 1 is 1.05 bits per heavy atom. The molecule has 0 aromatic heterocycles. The summed E-state index contributed by atoms with van der Waals surface area (Å²) < 4.78 is 0. The van der Waals surface area contributed by atoms with E-state index in [-0.39, 0.29) is 0 Å². The van der Waals surface area contributed by atoms with E-state index in [1.807, 2.05) is 0 Å². The van der Waals surface area contributed by atoms with Gasteiger partial charge in [0, 0.05) is 13.1 Å². The zero-order chi connectivity index (χ0) is 13.5. The molecule has 2 nitrogen and oxygen atoms in total. The molecule has 106 valence electrons. The molecule has 0 amide bonds. The summed E-state index contributed by atoms with van der Waals surface area (Å²) in [5, 5.41) is 3.45. The average Bonchev–Trinajstić information content (AvgIpc) is 2.48. The summed E-state index contributed by atoms with van der Waals surface area (Å²) in [7, 11) is 0. The second kappa shape index (κ2) is 7.66. The summed E-state index contributed by atoms with van der Waals surface area (Å²) in [6, 6.07) is 9.13. The van der Waals surface area contributed by atoms with Gasteiger partial charge >= 0.3 is 0 Å². The van der Waals surface area contributed by atoms with E-state index in [0.717, 1.165) is 25.4 Å². The first-order valence-electron chi connectivity index (χ1n) is 7.82. The highest BCUT2D eigenvalue weighted by Crippen LogP contribution is 2.15. The molecular formula is C17H28N2. The molecule has 1 fully saturated rings. The van der Waals surface area contributed by atoms with Crippen LogP contribution in [0.5, 0.6) is 0 Å². The van der Waals surface area contributed by atoms with Crippen LogP contribution < -0.4 is 5.32 Å². The van der Waals surface area contributed by atoms with Gasteiger partial charge in [-0.05, 0) is 55.9 Å². The van der Waals surface area contributed by atoms with Crippen molar-refractivity contribution in [2.75, 3.05) is 26.2 Å². The molecule has 1 saturated heterocycles. The van der Waals surface area contributed by atoms with Crippen LogP contribution in [0.1, 0.15) is 37.8 Å². The van der Waals surface area contributed by atoms with Gasteiger partial charge in [0.2, 0.25) is 0 Å². The van der Waals surface area contributed by atoms with Gasteiger partial charge in [0.05, 0.1) is 0 Å². The normalized spacial score (nSPS) is 17.0. The Bertz CT molecular complexity index is 352. The van der Waals surface area contributed by atoms with E-state index >= 15 is 0 Å². The number of piperidine rings is 1. The van der Waals surface area contributed by atoms with Crippen molar-refractivity contribution in [1.82, 2.24) is 10.2 Å². The lowest BCUT2D eigenvalue weighted by atomic mass is 9.97. The molecule has 1 aliphatic rings. The van der Waals surface area contributed by atoms with E-state index in [1.54, 1.807) is 0 Å². The fourth-order valence-electron chi connectivity index (χ4n) is 2.87. The third kappa shape index (κ3) is 4.63. The minimum absolute atomic E-state index is 0.885. The Hall–Kier alpha value is -0.860. The molecule has 2 rings (SSSR count). The first-order valence-corrected chi connectivity index (χ1v) is 7.82. The lowest BCUT2D eigenvalue weighted by Gasteiger charge is -2.29. The second-order valence-electron chi connectivity index (χ2n) is 5.69. The second-order valence-corrected chi connectivity index (χ2v) is 5.69. The predicted octanol–water partition coefficient (Wildman–Crippen LogP) is 3.07. The maximum absolute atomic E-state index is 3.45. The lowest BCUT2D eigenvalue weighted by molar-refractivity contribution is 0.207. The molecule has 0 aliphatic carbocycles. The van der Waals surface area contributed by atoms with Gasteiger partial charge in [-0.3, -0.25) is 4.90 Å². The van der Waals surface area contributed by atoms with Crippen LogP contribution in [0, 0.1) is 5.92 Å². The average molecular weight is 260 g/mol. The van der Waals surface area contributed by atoms with Crippen LogP contribution in [0.4, 0.5) is 0 Å². The fraction of sp³-hybridized carbons (Fsp3) is 0.647. The van der Waals surface area contributed by atoms with Crippen LogP contribution in [0.25, 0.3) is 0 Å². The number of rotatable bonds is 6. The standard InChI is InChI=1S/C17H28N2/c1-3-15-5-7-16(8-6-15)13-19(4-2)14-17-9-11-18-12-10-17/h5-8,17-18H,3-4,9-14H2,1-2H3. The van der Waals surface area contributed by atoms with E-state index < -0.39 is 0 Å². The zero-order valence-electron chi connectivity index (χ0n) is 12.5. The van der Waals surface area contributed by atoms with E-state index in [9.17, 15) is 0 Å². The number of aryl methyl sites for hydroxylation is 1. The smallest absolute Gasteiger partial charge is 0.0233 e. The molecule has 0 radical (unpaired) electrons. The van der Waals surface area contributed by atoms with Gasteiger partial charge in [0.15, 0.2) is 0 Å². The molecule has 1 aromatic rings. The van der Waals surface area contributed by atoms with Crippen molar-refractivity contribution in [3.05, 3.63) is 35.4 Å². The van der Waals surface area contributed by atoms with Gasteiger partial charge in [-0.2, -0.15) is 0 Å². The Morgan fingerprint density at radius 3 is 2.26 bits per heavy atom. The molecule has 19 heavy (non-hydrogen) atoms. The van der Waals surface area contributed by atoms with Crippen LogP contribution in [0.15, 0.2) is 24.3 Å². The van der Waals surface area contributed by atoms with Crippen LogP contribution in [-0.4, -0.2) is 31.1 Å². The summed E-state index contributed by atoms with van der Waals surface area (Å²) in [6.07, 6.45) is 3.81. The maximum atomic E-state index is 3.45. The quantitative estimate of drug-likeness (QED) is 0.845. The molecule has 1 N–H and O–H groups in total. The van der Waals surface area contributed by atoms with Crippen LogP contribution in [0.3, 0.4) is 0 Å². The van der Waals surface area contributed by atoms with Crippen molar-refractivity contribution in [3.63, 3.8) is 0 Å². The molecule has 0 atom stereocenters. The third-order valence-electron chi connectivity index (χ3n) is 4.26. The molecule has 0 spiro atoms. The molecule has 0 saturated carbocycles. The van der Waals surface area contributed by atoms with Crippen molar-refractivity contribution < 1.29 is 0 Å². The van der Waals surface area contributed by atoms with Crippen molar-refractivity contribution in [2.45, 2.75) is 39.7 Å². The minimum atomic E-state index is 0.885. The van der Waals surface area contributed by atoms with Gasteiger partial charge in [-0.1, -0.05) is 38.1 Å². The topological polar surface area (TPSA) is 15.3 Å². The van der Waals surface area contributed by atoms with E-state index in [2.05, 4.69) is 48.3 Å². The Kier molecular flexibility index (Phi) is 5.87. The number of nitrogens with zero attached hydrogens (tertiary/aromatic N) is 1. The summed E-state index contributed by atoms with van der Waals surface area (Å²) in [5.74, 6) is 0.885. The number of hydrogen-bond donors (Lipinski definition) is 1. The van der Waals surface area contributed by atoms with E-state index in [4.69, 9.17) is 0 Å². The third-order valence-corrected chi connectivity index (χ3v) is 4.26. The molecule has 1 heterocycles. The lowest BCUT2D eigenvalue weighted by Crippen LogP contribution is -2.35. The van der Waals surface area contributed by atoms with Crippen LogP contribution in [0.2, 0.25) is 0 Å². The van der Waals surface area contributed by atoms with E-state index in [0.29, 0.717) is 0 Å². The molecule has 0 unspecified atom stereocenters. The molecule has 0 bridgehead atoms. The zero-order valence-corrected chi connectivity index (χ0v) is 12.5.